The van der Waals surface area contributed by atoms with E-state index in [0.29, 0.717) is 0 Å². The van der Waals surface area contributed by atoms with Crippen LogP contribution in [-0.4, -0.2) is 32.3 Å². The van der Waals surface area contributed by atoms with E-state index >= 15 is 0 Å². The lowest BCUT2D eigenvalue weighted by Crippen LogP contribution is -2.13. The van der Waals surface area contributed by atoms with Crippen LogP contribution in [0.25, 0.3) is 6.08 Å². The average molecular weight is 292 g/mol. The summed E-state index contributed by atoms with van der Waals surface area (Å²) < 4.78 is 14.9. The van der Waals surface area contributed by atoms with Crippen LogP contribution < -0.4 is 4.74 Å². The van der Waals surface area contributed by atoms with E-state index in [9.17, 15) is 9.59 Å². The standard InChI is InChI=1S/C16H20O5/c1-4-20-15(17)11-13(16(18)21-5-2)10-12-6-8-14(19-3)9-7-12/h6-10H,4-5,11H2,1-3H3/b13-10+. The van der Waals surface area contributed by atoms with E-state index in [0.717, 1.165) is 11.3 Å². The molecule has 0 spiro atoms. The molecule has 0 aliphatic carbocycles. The predicted octanol–water partition coefficient (Wildman–Crippen LogP) is 2.59. The number of rotatable bonds is 7. The molecule has 0 N–H and O–H groups in total. The molecule has 0 aliphatic rings. The summed E-state index contributed by atoms with van der Waals surface area (Å²) in [6.45, 7) is 3.96. The summed E-state index contributed by atoms with van der Waals surface area (Å²) in [5.74, 6) is -0.248. The van der Waals surface area contributed by atoms with Gasteiger partial charge in [0.15, 0.2) is 0 Å². The van der Waals surface area contributed by atoms with Gasteiger partial charge in [0.1, 0.15) is 5.75 Å². The van der Waals surface area contributed by atoms with E-state index < -0.39 is 11.9 Å². The highest BCUT2D eigenvalue weighted by Crippen LogP contribution is 2.16. The molecule has 0 heterocycles. The highest BCUT2D eigenvalue weighted by molar-refractivity contribution is 5.98. The zero-order chi connectivity index (χ0) is 15.7. The fourth-order valence-corrected chi connectivity index (χ4v) is 1.67. The van der Waals surface area contributed by atoms with Crippen molar-refractivity contribution >= 4 is 18.0 Å². The largest absolute Gasteiger partial charge is 0.497 e. The molecule has 0 fully saturated rings. The van der Waals surface area contributed by atoms with Crippen molar-refractivity contribution in [3.05, 3.63) is 35.4 Å². The van der Waals surface area contributed by atoms with Crippen LogP contribution in [0.1, 0.15) is 25.8 Å². The van der Waals surface area contributed by atoms with Crippen molar-refractivity contribution in [1.29, 1.82) is 0 Å². The van der Waals surface area contributed by atoms with Gasteiger partial charge in [-0.2, -0.15) is 0 Å². The maximum Gasteiger partial charge on any atom is 0.334 e. The molecular formula is C16H20O5. The van der Waals surface area contributed by atoms with Gasteiger partial charge in [0.25, 0.3) is 0 Å². The summed E-state index contributed by atoms with van der Waals surface area (Å²) in [6.07, 6.45) is 1.51. The molecule has 1 aromatic carbocycles. The van der Waals surface area contributed by atoms with Crippen molar-refractivity contribution in [3.8, 4) is 5.75 Å². The number of ether oxygens (including phenoxy) is 3. The third-order valence-corrected chi connectivity index (χ3v) is 2.63. The fourth-order valence-electron chi connectivity index (χ4n) is 1.67. The van der Waals surface area contributed by atoms with Crippen LogP contribution in [-0.2, 0) is 19.1 Å². The molecule has 0 atom stereocenters. The average Bonchev–Trinajstić information content (AvgIpc) is 2.48. The second-order valence-corrected chi connectivity index (χ2v) is 4.15. The molecule has 5 heteroatoms. The molecule has 1 rings (SSSR count). The van der Waals surface area contributed by atoms with Gasteiger partial charge in [0.05, 0.1) is 26.7 Å². The van der Waals surface area contributed by atoms with E-state index in [-0.39, 0.29) is 25.2 Å². The van der Waals surface area contributed by atoms with E-state index in [2.05, 4.69) is 0 Å². The van der Waals surface area contributed by atoms with Crippen molar-refractivity contribution in [2.24, 2.45) is 0 Å². The Morgan fingerprint density at radius 3 is 2.19 bits per heavy atom. The number of hydrogen-bond donors (Lipinski definition) is 0. The SMILES string of the molecule is CCOC(=O)C/C(=C\c1ccc(OC)cc1)C(=O)OCC. The maximum atomic E-state index is 11.9. The third-order valence-electron chi connectivity index (χ3n) is 2.63. The molecular weight excluding hydrogens is 272 g/mol. The second kappa shape index (κ2) is 8.79. The number of benzene rings is 1. The summed E-state index contributed by atoms with van der Waals surface area (Å²) in [4.78, 5) is 23.4. The number of hydrogen-bond acceptors (Lipinski definition) is 5. The van der Waals surface area contributed by atoms with Crippen LogP contribution >= 0.6 is 0 Å². The molecule has 0 aromatic heterocycles. The molecule has 21 heavy (non-hydrogen) atoms. The van der Waals surface area contributed by atoms with Crippen molar-refractivity contribution in [3.63, 3.8) is 0 Å². The molecule has 5 nitrogen and oxygen atoms in total. The summed E-state index contributed by atoms with van der Waals surface area (Å²) in [7, 11) is 1.58. The number of carbonyl (C=O) groups is 2. The van der Waals surface area contributed by atoms with Crippen LogP contribution in [0.15, 0.2) is 29.8 Å². The Morgan fingerprint density at radius 1 is 1.05 bits per heavy atom. The molecule has 1 aromatic rings. The van der Waals surface area contributed by atoms with Crippen molar-refractivity contribution < 1.29 is 23.8 Å². The highest BCUT2D eigenvalue weighted by atomic mass is 16.5. The smallest absolute Gasteiger partial charge is 0.334 e. The van der Waals surface area contributed by atoms with Gasteiger partial charge in [-0.3, -0.25) is 4.79 Å². The Labute approximate surface area is 124 Å². The first-order valence-corrected chi connectivity index (χ1v) is 6.78. The molecule has 0 amide bonds. The first-order chi connectivity index (χ1) is 10.1. The number of esters is 2. The topological polar surface area (TPSA) is 61.8 Å². The van der Waals surface area contributed by atoms with Crippen LogP contribution in [0.2, 0.25) is 0 Å². The Morgan fingerprint density at radius 2 is 1.67 bits per heavy atom. The Hall–Kier alpha value is -2.30. The van der Waals surface area contributed by atoms with Crippen molar-refractivity contribution in [2.75, 3.05) is 20.3 Å². The van der Waals surface area contributed by atoms with Gasteiger partial charge in [-0.1, -0.05) is 12.1 Å². The second-order valence-electron chi connectivity index (χ2n) is 4.15. The number of carbonyl (C=O) groups excluding carboxylic acids is 2. The van der Waals surface area contributed by atoms with Crippen molar-refractivity contribution in [1.82, 2.24) is 0 Å². The zero-order valence-electron chi connectivity index (χ0n) is 12.5. The Kier molecular flexibility index (Phi) is 7.01. The van der Waals surface area contributed by atoms with Gasteiger partial charge < -0.3 is 14.2 Å². The van der Waals surface area contributed by atoms with Crippen LogP contribution in [0, 0.1) is 0 Å². The maximum absolute atomic E-state index is 11.9. The summed E-state index contributed by atoms with van der Waals surface area (Å²) in [5, 5.41) is 0. The normalized spacial score (nSPS) is 10.9. The molecule has 0 aliphatic heterocycles. The first kappa shape index (κ1) is 16.8. The zero-order valence-corrected chi connectivity index (χ0v) is 12.5. The van der Waals surface area contributed by atoms with Gasteiger partial charge in [-0.15, -0.1) is 0 Å². The van der Waals surface area contributed by atoms with E-state index in [1.165, 1.54) is 0 Å². The molecule has 0 saturated heterocycles. The molecule has 114 valence electrons. The van der Waals surface area contributed by atoms with Gasteiger partial charge in [0.2, 0.25) is 0 Å². The quantitative estimate of drug-likeness (QED) is 0.571. The van der Waals surface area contributed by atoms with Gasteiger partial charge >= 0.3 is 11.9 Å². The van der Waals surface area contributed by atoms with Gasteiger partial charge in [0, 0.05) is 5.57 Å². The minimum Gasteiger partial charge on any atom is -0.497 e. The minimum absolute atomic E-state index is 0.112. The molecule has 0 radical (unpaired) electrons. The van der Waals surface area contributed by atoms with E-state index in [1.54, 1.807) is 51.3 Å². The van der Waals surface area contributed by atoms with Gasteiger partial charge in [-0.05, 0) is 37.6 Å². The Balaban J connectivity index is 2.94. The monoisotopic (exact) mass is 292 g/mol. The van der Waals surface area contributed by atoms with Crippen LogP contribution in [0.4, 0.5) is 0 Å². The summed E-state index contributed by atoms with van der Waals surface area (Å²) in [6, 6.07) is 7.14. The lowest BCUT2D eigenvalue weighted by molar-refractivity contribution is -0.145. The van der Waals surface area contributed by atoms with Crippen LogP contribution in [0.3, 0.4) is 0 Å². The Bertz CT molecular complexity index is 502. The predicted molar refractivity (Wildman–Crippen MR) is 78.9 cm³/mol. The highest BCUT2D eigenvalue weighted by Gasteiger charge is 2.16. The number of methoxy groups -OCH3 is 1. The van der Waals surface area contributed by atoms with E-state index in [4.69, 9.17) is 14.2 Å². The fraction of sp³-hybridized carbons (Fsp3) is 0.375. The lowest BCUT2D eigenvalue weighted by atomic mass is 10.1. The molecule has 0 unspecified atom stereocenters. The van der Waals surface area contributed by atoms with Crippen molar-refractivity contribution in [2.45, 2.75) is 20.3 Å². The minimum atomic E-state index is -0.513. The third kappa shape index (κ3) is 5.69. The first-order valence-electron chi connectivity index (χ1n) is 6.78. The van der Waals surface area contributed by atoms with E-state index in [1.807, 2.05) is 0 Å². The van der Waals surface area contributed by atoms with Crippen LogP contribution in [0.5, 0.6) is 5.75 Å². The van der Waals surface area contributed by atoms with Gasteiger partial charge in [-0.25, -0.2) is 4.79 Å². The summed E-state index contributed by atoms with van der Waals surface area (Å²) in [5.41, 5.74) is 1.05. The summed E-state index contributed by atoms with van der Waals surface area (Å²) >= 11 is 0. The molecule has 0 bridgehead atoms. The lowest BCUT2D eigenvalue weighted by Gasteiger charge is -2.07. The molecule has 0 saturated carbocycles.